The Bertz CT molecular complexity index is 135. The van der Waals surface area contributed by atoms with Crippen LogP contribution in [0, 0.1) is 0 Å². The predicted molar refractivity (Wildman–Crippen MR) is 34.1 cm³/mol. The third-order valence-electron chi connectivity index (χ3n) is 0.699. The van der Waals surface area contributed by atoms with E-state index >= 15 is 0 Å². The lowest BCUT2D eigenvalue weighted by Crippen LogP contribution is -1.95. The summed E-state index contributed by atoms with van der Waals surface area (Å²) in [7, 11) is -3.44. The maximum atomic E-state index is 10.9. The first-order chi connectivity index (χ1) is 4.68. The fourth-order valence-corrected chi connectivity index (χ4v) is 0.911. The third kappa shape index (κ3) is 3.10. The molecule has 0 heterocycles. The second-order valence-electron chi connectivity index (χ2n) is 1.24. The van der Waals surface area contributed by atoms with Gasteiger partial charge in [0.05, 0.1) is 0 Å². The highest BCUT2D eigenvalue weighted by Crippen LogP contribution is 2.48. The molecule has 0 amide bonds. The molecular weight excluding hydrogens is 159 g/mol. The zero-order chi connectivity index (χ0) is 8.04. The Balaban J connectivity index is 3.95. The normalized spacial score (nSPS) is 11.4. The van der Waals surface area contributed by atoms with Crippen LogP contribution in [-0.2, 0) is 13.6 Å². The van der Waals surface area contributed by atoms with E-state index in [9.17, 15) is 4.57 Å². The molecule has 0 aromatic heterocycles. The van der Waals surface area contributed by atoms with Gasteiger partial charge in [0, 0.05) is 5.82 Å². The minimum atomic E-state index is -3.44. The minimum Gasteiger partial charge on any atom is -0.370 e. The van der Waals surface area contributed by atoms with E-state index in [1.807, 2.05) is 0 Å². The Hall–Kier alpha value is -0.190. The van der Waals surface area contributed by atoms with Gasteiger partial charge in [0.2, 0.25) is 0 Å². The molecule has 0 aliphatic carbocycles. The summed E-state index contributed by atoms with van der Waals surface area (Å²) >= 11 is 0. The quantitative estimate of drug-likeness (QED) is 0.454. The lowest BCUT2D eigenvalue weighted by Gasteiger charge is -2.09. The number of hydrogen-bond acceptors (Lipinski definition) is 5. The van der Waals surface area contributed by atoms with E-state index in [1.165, 1.54) is 0 Å². The van der Waals surface area contributed by atoms with Crippen LogP contribution in [0.25, 0.3) is 0 Å². The summed E-state index contributed by atoms with van der Waals surface area (Å²) < 4.78 is 19.4. The van der Waals surface area contributed by atoms with Gasteiger partial charge in [0.25, 0.3) is 0 Å². The van der Waals surface area contributed by atoms with Gasteiger partial charge in [-0.3, -0.25) is 13.6 Å². The van der Waals surface area contributed by atoms with Crippen molar-refractivity contribution in [3.63, 3.8) is 0 Å². The van der Waals surface area contributed by atoms with E-state index in [-0.39, 0.29) is 0 Å². The Morgan fingerprint density at radius 2 is 1.80 bits per heavy atom. The van der Waals surface area contributed by atoms with Gasteiger partial charge in [-0.15, -0.1) is 0 Å². The summed E-state index contributed by atoms with van der Waals surface area (Å²) in [4.78, 5) is 0. The Morgan fingerprint density at radius 1 is 1.40 bits per heavy atom. The van der Waals surface area contributed by atoms with Crippen molar-refractivity contribution in [2.45, 2.75) is 0 Å². The Labute approximate surface area is 58.4 Å². The highest BCUT2D eigenvalue weighted by molar-refractivity contribution is 7.57. The molecule has 2 N–H and O–H groups in total. The van der Waals surface area contributed by atoms with Crippen LogP contribution in [0.3, 0.4) is 0 Å². The van der Waals surface area contributed by atoms with Gasteiger partial charge in [-0.25, -0.2) is 0 Å². The fourth-order valence-electron chi connectivity index (χ4n) is 0.304. The van der Waals surface area contributed by atoms with Crippen LogP contribution < -0.4 is 0 Å². The van der Waals surface area contributed by atoms with Crippen LogP contribution >= 0.6 is 7.60 Å². The summed E-state index contributed by atoms with van der Waals surface area (Å²) in [6, 6.07) is 0. The molecule has 0 aromatic rings. The molecule has 0 bridgehead atoms. The van der Waals surface area contributed by atoms with Crippen molar-refractivity contribution in [2.24, 2.45) is 0 Å². The summed E-state index contributed by atoms with van der Waals surface area (Å²) in [6.07, 6.45) is 0. The van der Waals surface area contributed by atoms with Crippen LogP contribution in [0.1, 0.15) is 0 Å². The Morgan fingerprint density at radius 3 is 2.00 bits per heavy atom. The van der Waals surface area contributed by atoms with Crippen molar-refractivity contribution >= 4 is 7.60 Å². The molecule has 0 atom stereocenters. The van der Waals surface area contributed by atoms with Crippen molar-refractivity contribution in [3.8, 4) is 0 Å². The molecule has 0 saturated heterocycles. The highest BCUT2D eigenvalue weighted by atomic mass is 31.2. The van der Waals surface area contributed by atoms with E-state index in [2.05, 4.69) is 15.6 Å². The summed E-state index contributed by atoms with van der Waals surface area (Å²) in [6.45, 7) is 1.67. The monoisotopic (exact) mass is 168 g/mol. The first kappa shape index (κ1) is 9.81. The van der Waals surface area contributed by atoms with E-state index in [4.69, 9.17) is 10.2 Å². The lowest BCUT2D eigenvalue weighted by molar-refractivity contribution is 0.0437. The second-order valence-corrected chi connectivity index (χ2v) is 3.20. The molecule has 6 heteroatoms. The minimum absolute atomic E-state index is 0.733. The van der Waals surface area contributed by atoms with Gasteiger partial charge in [0.1, 0.15) is 0 Å². The number of aliphatic hydroxyl groups excluding tert-OH is 2. The summed E-state index contributed by atoms with van der Waals surface area (Å²) in [5, 5.41) is 16.3. The molecule has 10 heavy (non-hydrogen) atoms. The van der Waals surface area contributed by atoms with Crippen molar-refractivity contribution < 1.29 is 23.8 Å². The molecule has 60 valence electrons. The molecule has 0 unspecified atom stereocenters. The summed E-state index contributed by atoms with van der Waals surface area (Å²) in [5.41, 5.74) is 0. The van der Waals surface area contributed by atoms with E-state index in [0.717, 1.165) is 5.82 Å². The fraction of sp³-hybridized carbons (Fsp3) is 0.500. The predicted octanol–water partition coefficient (Wildman–Crippen LogP) is 0.256. The number of hydrogen-bond donors (Lipinski definition) is 2. The van der Waals surface area contributed by atoms with E-state index in [0.29, 0.717) is 0 Å². The van der Waals surface area contributed by atoms with Crippen molar-refractivity contribution in [1.82, 2.24) is 0 Å². The van der Waals surface area contributed by atoms with Gasteiger partial charge in [-0.05, 0) is 0 Å². The topological polar surface area (TPSA) is 76.0 Å². The van der Waals surface area contributed by atoms with Crippen molar-refractivity contribution in [3.05, 3.63) is 12.4 Å². The van der Waals surface area contributed by atoms with Crippen LogP contribution in [0.15, 0.2) is 12.4 Å². The molecule has 0 rings (SSSR count). The smallest absolute Gasteiger partial charge is 0.357 e. The molecule has 0 radical (unpaired) electrons. The van der Waals surface area contributed by atoms with Crippen LogP contribution in [0.2, 0.25) is 0 Å². The van der Waals surface area contributed by atoms with E-state index in [1.54, 1.807) is 0 Å². The van der Waals surface area contributed by atoms with Gasteiger partial charge >= 0.3 is 7.60 Å². The maximum absolute atomic E-state index is 10.9. The molecule has 0 aliphatic rings. The number of rotatable bonds is 5. The molecule has 0 saturated carbocycles. The molecule has 0 fully saturated rings. The zero-order valence-electron chi connectivity index (χ0n) is 5.27. The molecule has 0 aromatic carbocycles. The first-order valence-electron chi connectivity index (χ1n) is 2.42. The van der Waals surface area contributed by atoms with Crippen LogP contribution in [0.4, 0.5) is 0 Å². The van der Waals surface area contributed by atoms with Gasteiger partial charge in [-0.2, -0.15) is 0 Å². The van der Waals surface area contributed by atoms with Gasteiger partial charge in [-0.1, -0.05) is 6.58 Å². The largest absolute Gasteiger partial charge is 0.370 e. The highest BCUT2D eigenvalue weighted by Gasteiger charge is 2.18. The van der Waals surface area contributed by atoms with Gasteiger partial charge in [0.15, 0.2) is 13.6 Å². The van der Waals surface area contributed by atoms with Gasteiger partial charge < -0.3 is 10.2 Å². The van der Waals surface area contributed by atoms with Crippen LogP contribution in [0.5, 0.6) is 0 Å². The van der Waals surface area contributed by atoms with Crippen molar-refractivity contribution in [1.29, 1.82) is 0 Å². The number of aliphatic hydroxyl groups is 2. The zero-order valence-corrected chi connectivity index (χ0v) is 6.16. The maximum Gasteiger partial charge on any atom is 0.357 e. The lowest BCUT2D eigenvalue weighted by atomic mass is 11.3. The first-order valence-corrected chi connectivity index (χ1v) is 4.04. The third-order valence-corrected chi connectivity index (χ3v) is 2.10. The molecule has 0 aliphatic heterocycles. The molecule has 0 spiro atoms. The average molecular weight is 168 g/mol. The van der Waals surface area contributed by atoms with Crippen molar-refractivity contribution in [2.75, 3.05) is 13.6 Å². The SMILES string of the molecule is C=CP(=O)(OCO)OCO. The average Bonchev–Trinajstić information content (AvgIpc) is 1.89. The second kappa shape index (κ2) is 4.60. The van der Waals surface area contributed by atoms with Crippen LogP contribution in [-0.4, -0.2) is 23.8 Å². The standard InChI is InChI=1S/C4H9O5P/c1-2-10(7,8-3-5)9-4-6/h2,5-6H,1,3-4H2. The molecular formula is C4H9O5P. The Kier molecular flexibility index (Phi) is 4.51. The summed E-state index contributed by atoms with van der Waals surface area (Å²) in [5.74, 6) is 0.902. The van der Waals surface area contributed by atoms with E-state index < -0.39 is 21.2 Å². The molecule has 5 nitrogen and oxygen atoms in total.